The van der Waals surface area contributed by atoms with Gasteiger partial charge in [0.1, 0.15) is 4.91 Å². The van der Waals surface area contributed by atoms with E-state index >= 15 is 0 Å². The van der Waals surface area contributed by atoms with E-state index in [0.29, 0.717) is 15.8 Å². The van der Waals surface area contributed by atoms with Crippen molar-refractivity contribution in [2.24, 2.45) is 0 Å². The zero-order chi connectivity index (χ0) is 15.6. The summed E-state index contributed by atoms with van der Waals surface area (Å²) in [7, 11) is -2.56. The summed E-state index contributed by atoms with van der Waals surface area (Å²) in [6, 6.07) is 0. The zero-order valence-corrected chi connectivity index (χ0v) is 14.6. The minimum atomic E-state index is -3.89. The van der Waals surface area contributed by atoms with Gasteiger partial charge in [0.25, 0.3) is 15.9 Å². The van der Waals surface area contributed by atoms with Crippen LogP contribution in [0.3, 0.4) is 0 Å². The van der Waals surface area contributed by atoms with Gasteiger partial charge in [-0.05, 0) is 6.08 Å². The van der Waals surface area contributed by atoms with Crippen LogP contribution in [0, 0.1) is 0 Å². The summed E-state index contributed by atoms with van der Waals surface area (Å²) in [5.41, 5.74) is 0. The first kappa shape index (κ1) is 16.3. The number of anilines is 1. The summed E-state index contributed by atoms with van der Waals surface area (Å²) in [5, 5.41) is 0.0906. The number of hydrogen-bond acceptors (Lipinski definition) is 6. The van der Waals surface area contributed by atoms with Crippen LogP contribution in [0.4, 0.5) is 5.82 Å². The average Bonchev–Trinajstić information content (AvgIpc) is 2.43. The van der Waals surface area contributed by atoms with E-state index in [2.05, 4.69) is 30.6 Å². The summed E-state index contributed by atoms with van der Waals surface area (Å²) < 4.78 is 32.7. The maximum Gasteiger partial charge on any atom is 0.264 e. The Morgan fingerprint density at radius 3 is 2.90 bits per heavy atom. The molecule has 0 atom stereocenters. The van der Waals surface area contributed by atoms with E-state index in [9.17, 15) is 8.42 Å². The molecule has 0 bridgehead atoms. The van der Waals surface area contributed by atoms with Crippen molar-refractivity contribution in [3.8, 4) is 5.88 Å². The lowest BCUT2D eigenvalue weighted by Crippen LogP contribution is -2.22. The van der Waals surface area contributed by atoms with Crippen molar-refractivity contribution in [3.05, 3.63) is 32.9 Å². The first-order chi connectivity index (χ1) is 9.83. The maximum absolute atomic E-state index is 12.4. The molecule has 10 heteroatoms. The van der Waals surface area contributed by atoms with Gasteiger partial charge in [0, 0.05) is 15.8 Å². The van der Waals surface area contributed by atoms with Gasteiger partial charge < -0.3 is 4.74 Å². The number of rotatable bonds is 4. The first-order valence-corrected chi connectivity index (χ1v) is 8.59. The minimum Gasteiger partial charge on any atom is -0.478 e. The molecule has 21 heavy (non-hydrogen) atoms. The Hall–Kier alpha value is -1.03. The lowest BCUT2D eigenvalue weighted by molar-refractivity contribution is 0.398. The van der Waals surface area contributed by atoms with E-state index in [4.69, 9.17) is 28.6 Å². The van der Waals surface area contributed by atoms with Crippen molar-refractivity contribution in [2.45, 2.75) is 6.42 Å². The van der Waals surface area contributed by atoms with Gasteiger partial charge in [-0.15, -0.1) is 0 Å². The topological polar surface area (TPSA) is 81.2 Å². The van der Waals surface area contributed by atoms with E-state index < -0.39 is 10.0 Å². The molecule has 0 amide bonds. The molecule has 0 aliphatic heterocycles. The van der Waals surface area contributed by atoms with Crippen LogP contribution in [-0.4, -0.2) is 30.4 Å². The van der Waals surface area contributed by atoms with Gasteiger partial charge >= 0.3 is 0 Å². The summed E-state index contributed by atoms with van der Waals surface area (Å²) in [4.78, 5) is 8.02. The third kappa shape index (κ3) is 3.79. The van der Waals surface area contributed by atoms with Crippen LogP contribution in [0.25, 0.3) is 0 Å². The molecule has 0 spiro atoms. The molecule has 1 N–H and O–H groups in total. The lowest BCUT2D eigenvalue weighted by atomic mass is 10.2. The highest BCUT2D eigenvalue weighted by Gasteiger charge is 2.26. The Morgan fingerprint density at radius 1 is 1.52 bits per heavy atom. The summed E-state index contributed by atoms with van der Waals surface area (Å²) >= 11 is 14.0. The molecule has 0 unspecified atom stereocenters. The number of thiocarbonyl (C=S) groups is 1. The molecule has 0 saturated heterocycles. The molecule has 0 aromatic carbocycles. The molecule has 1 heterocycles. The molecule has 112 valence electrons. The predicted molar refractivity (Wildman–Crippen MR) is 88.4 cm³/mol. The number of methoxy groups -OCH3 is 1. The Bertz CT molecular complexity index is 762. The number of halogens is 2. The molecule has 1 aromatic rings. The number of aromatic nitrogens is 2. The van der Waals surface area contributed by atoms with E-state index in [-0.39, 0.29) is 21.8 Å². The summed E-state index contributed by atoms with van der Waals surface area (Å²) in [6.07, 6.45) is 4.80. The highest BCUT2D eigenvalue weighted by molar-refractivity contribution is 9.11. The predicted octanol–water partition coefficient (Wildman–Crippen LogP) is 2.82. The van der Waals surface area contributed by atoms with E-state index in [1.165, 1.54) is 19.4 Å². The quantitative estimate of drug-likeness (QED) is 0.769. The van der Waals surface area contributed by atoms with Crippen molar-refractivity contribution in [3.63, 3.8) is 0 Å². The number of nitrogens with one attached hydrogen (secondary N) is 1. The van der Waals surface area contributed by atoms with Gasteiger partial charge in [0.15, 0.2) is 5.15 Å². The van der Waals surface area contributed by atoms with E-state index in [1.807, 2.05) is 0 Å². The van der Waals surface area contributed by atoms with Crippen molar-refractivity contribution in [1.82, 2.24) is 9.97 Å². The van der Waals surface area contributed by atoms with Gasteiger partial charge in [-0.2, -0.15) is 4.98 Å². The molecule has 1 aromatic heterocycles. The van der Waals surface area contributed by atoms with Gasteiger partial charge in [-0.25, -0.2) is 13.4 Å². The van der Waals surface area contributed by atoms with Crippen molar-refractivity contribution >= 4 is 60.5 Å². The smallest absolute Gasteiger partial charge is 0.264 e. The van der Waals surface area contributed by atoms with Crippen molar-refractivity contribution in [2.75, 3.05) is 11.8 Å². The highest BCUT2D eigenvalue weighted by Crippen LogP contribution is 2.27. The zero-order valence-electron chi connectivity index (χ0n) is 10.6. The minimum absolute atomic E-state index is 0.00526. The standard InChI is InChI=1S/C11H9BrClN3O3S2/c1-19-11-10(14-5-9(13)15-11)16-21(17,18)8-4-6(12)2-3-7(8)20/h2,4-5H,3H2,1H3,(H,14,16). The van der Waals surface area contributed by atoms with Crippen LogP contribution in [-0.2, 0) is 10.0 Å². The third-order valence-corrected chi connectivity index (χ3v) is 5.11. The number of sulfonamides is 1. The second kappa shape index (κ2) is 6.39. The molecule has 0 fully saturated rings. The molecule has 0 saturated carbocycles. The van der Waals surface area contributed by atoms with Gasteiger partial charge in [-0.1, -0.05) is 45.8 Å². The summed E-state index contributed by atoms with van der Waals surface area (Å²) in [5.74, 6) is -0.0840. The van der Waals surface area contributed by atoms with Crippen molar-refractivity contribution in [1.29, 1.82) is 0 Å². The molecule has 6 nitrogen and oxygen atoms in total. The fourth-order valence-electron chi connectivity index (χ4n) is 1.53. The Labute approximate surface area is 140 Å². The largest absolute Gasteiger partial charge is 0.478 e. The molecular formula is C11H9BrClN3O3S2. The van der Waals surface area contributed by atoms with E-state index in [0.717, 1.165) is 0 Å². The number of ether oxygens (including phenoxy) is 1. The van der Waals surface area contributed by atoms with Crippen molar-refractivity contribution < 1.29 is 13.2 Å². The molecule has 1 aliphatic carbocycles. The van der Waals surface area contributed by atoms with Crippen LogP contribution in [0.5, 0.6) is 5.88 Å². The van der Waals surface area contributed by atoms with Crippen LogP contribution in [0.1, 0.15) is 6.42 Å². The van der Waals surface area contributed by atoms with Crippen LogP contribution in [0.15, 0.2) is 27.7 Å². The normalized spacial score (nSPS) is 15.3. The van der Waals surface area contributed by atoms with Crippen LogP contribution < -0.4 is 9.46 Å². The highest BCUT2D eigenvalue weighted by atomic mass is 79.9. The first-order valence-electron chi connectivity index (χ1n) is 5.53. The molecule has 1 aliphatic rings. The van der Waals surface area contributed by atoms with Gasteiger partial charge in [0.05, 0.1) is 13.3 Å². The molecular weight excluding hydrogens is 402 g/mol. The Morgan fingerprint density at radius 2 is 2.24 bits per heavy atom. The number of nitrogens with zero attached hydrogens (tertiary/aromatic N) is 2. The average molecular weight is 411 g/mol. The SMILES string of the molecule is COc1nc(Cl)cnc1NS(=O)(=O)C1=CC(Br)=CCC1=S. The molecule has 2 rings (SSSR count). The monoisotopic (exact) mass is 409 g/mol. The van der Waals surface area contributed by atoms with Crippen LogP contribution in [0.2, 0.25) is 5.15 Å². The Balaban J connectivity index is 2.39. The van der Waals surface area contributed by atoms with Crippen LogP contribution >= 0.6 is 39.7 Å². The van der Waals surface area contributed by atoms with E-state index in [1.54, 1.807) is 6.08 Å². The third-order valence-electron chi connectivity index (χ3n) is 2.45. The number of hydrogen-bond donors (Lipinski definition) is 1. The fraction of sp³-hybridized carbons (Fsp3) is 0.182. The van der Waals surface area contributed by atoms with Gasteiger partial charge in [-0.3, -0.25) is 4.72 Å². The summed E-state index contributed by atoms with van der Waals surface area (Å²) in [6.45, 7) is 0. The van der Waals surface area contributed by atoms with Gasteiger partial charge in [0.2, 0.25) is 5.82 Å². The second-order valence-electron chi connectivity index (χ2n) is 3.88. The maximum atomic E-state index is 12.4. The number of allylic oxidation sites excluding steroid dienone is 4. The lowest BCUT2D eigenvalue weighted by Gasteiger charge is -2.15. The molecule has 0 radical (unpaired) electrons. The second-order valence-corrected chi connectivity index (χ2v) is 7.33. The fourth-order valence-corrected chi connectivity index (χ4v) is 3.84. The Kier molecular flexibility index (Phi) is 4.97.